The molecule has 0 unspecified atom stereocenters. The normalized spacial score (nSPS) is 17.6. The van der Waals surface area contributed by atoms with E-state index in [0.717, 1.165) is 0 Å². The molecule has 0 spiro atoms. The van der Waals surface area contributed by atoms with Gasteiger partial charge in [-0.15, -0.1) is 0 Å². The van der Waals surface area contributed by atoms with Gasteiger partial charge in [-0.1, -0.05) is 0 Å². The monoisotopic (exact) mass is 318 g/mol. The fourth-order valence-corrected chi connectivity index (χ4v) is 2.79. The average Bonchev–Trinajstić information content (AvgIpc) is 3.01. The molecule has 3 rings (SSSR count). The minimum Gasteiger partial charge on any atom is -0.480 e. The summed E-state index contributed by atoms with van der Waals surface area (Å²) in [6.45, 7) is 0.345. The number of hydrogen-bond donors (Lipinski definition) is 2. The number of rotatable bonds is 2. The maximum Gasteiger partial charge on any atom is 0.329 e. The Morgan fingerprint density at radius 3 is 2.83 bits per heavy atom. The summed E-state index contributed by atoms with van der Waals surface area (Å²) in [6, 6.07) is 0.469. The molecule has 9 heteroatoms. The second-order valence-corrected chi connectivity index (χ2v) is 5.41. The first kappa shape index (κ1) is 14.9. The van der Waals surface area contributed by atoms with Gasteiger partial charge in [0.1, 0.15) is 11.7 Å². The van der Waals surface area contributed by atoms with Crippen LogP contribution in [0, 0.1) is 0 Å². The fraction of sp³-hybridized carbons (Fsp3) is 0.357. The Morgan fingerprint density at radius 2 is 2.13 bits per heavy atom. The molecule has 0 saturated carbocycles. The van der Waals surface area contributed by atoms with Gasteiger partial charge in [-0.05, 0) is 18.9 Å². The zero-order chi connectivity index (χ0) is 16.7. The van der Waals surface area contributed by atoms with Crippen LogP contribution >= 0.6 is 0 Å². The summed E-state index contributed by atoms with van der Waals surface area (Å²) >= 11 is 0. The van der Waals surface area contributed by atoms with Gasteiger partial charge in [0.05, 0.1) is 10.9 Å². The Labute approximate surface area is 129 Å². The number of carboxylic acid groups (broad SMARTS) is 1. The van der Waals surface area contributed by atoms with Crippen molar-refractivity contribution in [2.75, 3.05) is 6.54 Å². The standard InChI is InChI=1S/C14H14N4O5/c1-17-10-8(11(19)16-14(17)23)5-7(6-15-10)12(20)18-4-2-3-9(18)13(21)22/h5-6,9H,2-4H2,1H3,(H,21,22)(H,16,19,23)/t9-/m1/s1. The number of fused-ring (bicyclic) bond motifs is 1. The van der Waals surface area contributed by atoms with Gasteiger partial charge in [0, 0.05) is 19.8 Å². The number of aromatic nitrogens is 3. The SMILES string of the molecule is Cn1c(=O)[nH]c(=O)c2cc(C(=O)N3CCC[C@@H]3C(=O)O)cnc21. The first-order chi connectivity index (χ1) is 10.9. The molecule has 2 aromatic heterocycles. The van der Waals surface area contributed by atoms with Crippen molar-refractivity contribution in [1.29, 1.82) is 0 Å². The predicted molar refractivity (Wildman–Crippen MR) is 79.3 cm³/mol. The van der Waals surface area contributed by atoms with E-state index in [4.69, 9.17) is 5.11 Å². The van der Waals surface area contributed by atoms with Crippen LogP contribution in [0.3, 0.4) is 0 Å². The van der Waals surface area contributed by atoms with E-state index >= 15 is 0 Å². The third kappa shape index (κ3) is 2.39. The molecule has 2 N–H and O–H groups in total. The summed E-state index contributed by atoms with van der Waals surface area (Å²) in [4.78, 5) is 54.5. The zero-order valence-electron chi connectivity index (χ0n) is 12.3. The van der Waals surface area contributed by atoms with E-state index in [1.807, 2.05) is 0 Å². The quantitative estimate of drug-likeness (QED) is 0.755. The second-order valence-electron chi connectivity index (χ2n) is 5.41. The Balaban J connectivity index is 2.07. The van der Waals surface area contributed by atoms with Gasteiger partial charge >= 0.3 is 11.7 Å². The smallest absolute Gasteiger partial charge is 0.329 e. The highest BCUT2D eigenvalue weighted by molar-refractivity contribution is 5.98. The number of H-pyrrole nitrogens is 1. The van der Waals surface area contributed by atoms with Gasteiger partial charge < -0.3 is 10.0 Å². The molecule has 1 atom stereocenters. The van der Waals surface area contributed by atoms with Crippen LogP contribution in [0.4, 0.5) is 0 Å². The van der Waals surface area contributed by atoms with Gasteiger partial charge in [-0.3, -0.25) is 19.1 Å². The van der Waals surface area contributed by atoms with Gasteiger partial charge in [0.15, 0.2) is 0 Å². The van der Waals surface area contributed by atoms with Crippen LogP contribution in [-0.4, -0.2) is 49.0 Å². The van der Waals surface area contributed by atoms with Crippen LogP contribution in [0.2, 0.25) is 0 Å². The number of carbonyl (C=O) groups excluding carboxylic acids is 1. The van der Waals surface area contributed by atoms with E-state index in [9.17, 15) is 19.2 Å². The van der Waals surface area contributed by atoms with E-state index in [-0.39, 0.29) is 16.6 Å². The number of carboxylic acids is 1. The number of aliphatic carboxylic acids is 1. The highest BCUT2D eigenvalue weighted by Crippen LogP contribution is 2.20. The van der Waals surface area contributed by atoms with Crippen LogP contribution in [0.1, 0.15) is 23.2 Å². The summed E-state index contributed by atoms with van der Waals surface area (Å²) in [5.41, 5.74) is -0.956. The molecule has 2 aromatic rings. The molecule has 1 fully saturated rings. The van der Waals surface area contributed by atoms with Crippen molar-refractivity contribution >= 4 is 22.9 Å². The van der Waals surface area contributed by atoms with Gasteiger partial charge in [-0.2, -0.15) is 0 Å². The molecule has 0 radical (unpaired) electrons. The Kier molecular flexibility index (Phi) is 3.47. The minimum atomic E-state index is -1.05. The van der Waals surface area contributed by atoms with E-state index in [1.165, 1.54) is 28.8 Å². The van der Waals surface area contributed by atoms with Gasteiger partial charge in [0.2, 0.25) is 0 Å². The molecule has 0 bridgehead atoms. The maximum absolute atomic E-state index is 12.5. The summed E-state index contributed by atoms with van der Waals surface area (Å²) < 4.78 is 1.17. The molecule has 120 valence electrons. The summed E-state index contributed by atoms with van der Waals surface area (Å²) in [5.74, 6) is -1.54. The van der Waals surface area contributed by atoms with Crippen molar-refractivity contribution in [3.63, 3.8) is 0 Å². The Hall–Kier alpha value is -2.97. The van der Waals surface area contributed by atoms with E-state index < -0.39 is 29.2 Å². The molecular formula is C14H14N4O5. The molecule has 1 saturated heterocycles. The fourth-order valence-electron chi connectivity index (χ4n) is 2.79. The number of pyridine rings is 1. The molecule has 1 aliphatic rings. The topological polar surface area (TPSA) is 125 Å². The zero-order valence-corrected chi connectivity index (χ0v) is 12.3. The molecule has 1 amide bonds. The molecule has 3 heterocycles. The van der Waals surface area contributed by atoms with Crippen molar-refractivity contribution in [1.82, 2.24) is 19.4 Å². The largest absolute Gasteiger partial charge is 0.480 e. The number of carbonyl (C=O) groups is 2. The molecule has 23 heavy (non-hydrogen) atoms. The van der Waals surface area contributed by atoms with Crippen LogP contribution in [0.5, 0.6) is 0 Å². The number of aryl methyl sites for hydroxylation is 1. The number of amides is 1. The third-order valence-corrected chi connectivity index (χ3v) is 4.00. The van der Waals surface area contributed by atoms with Crippen molar-refractivity contribution in [2.45, 2.75) is 18.9 Å². The lowest BCUT2D eigenvalue weighted by Crippen LogP contribution is -2.40. The lowest BCUT2D eigenvalue weighted by Gasteiger charge is -2.21. The third-order valence-electron chi connectivity index (χ3n) is 4.00. The molecule has 9 nitrogen and oxygen atoms in total. The first-order valence-electron chi connectivity index (χ1n) is 7.03. The highest BCUT2D eigenvalue weighted by Gasteiger charge is 2.34. The molecule has 0 aromatic carbocycles. The molecule has 0 aliphatic carbocycles. The Bertz CT molecular complexity index is 929. The van der Waals surface area contributed by atoms with Crippen LogP contribution in [0.25, 0.3) is 11.0 Å². The van der Waals surface area contributed by atoms with Crippen LogP contribution in [0.15, 0.2) is 21.9 Å². The minimum absolute atomic E-state index is 0.101. The van der Waals surface area contributed by atoms with Crippen molar-refractivity contribution < 1.29 is 14.7 Å². The lowest BCUT2D eigenvalue weighted by molar-refractivity contribution is -0.141. The Morgan fingerprint density at radius 1 is 1.39 bits per heavy atom. The van der Waals surface area contributed by atoms with Crippen molar-refractivity contribution in [3.05, 3.63) is 38.7 Å². The maximum atomic E-state index is 12.5. The summed E-state index contributed by atoms with van der Waals surface area (Å²) in [7, 11) is 1.45. The molecule has 1 aliphatic heterocycles. The second kappa shape index (κ2) is 5.34. The van der Waals surface area contributed by atoms with Crippen LogP contribution < -0.4 is 11.2 Å². The van der Waals surface area contributed by atoms with Gasteiger partial charge in [-0.25, -0.2) is 14.6 Å². The first-order valence-corrected chi connectivity index (χ1v) is 7.03. The van der Waals surface area contributed by atoms with E-state index in [2.05, 4.69) is 9.97 Å². The number of nitrogens with zero attached hydrogens (tertiary/aromatic N) is 3. The van der Waals surface area contributed by atoms with Gasteiger partial charge in [0.25, 0.3) is 11.5 Å². The lowest BCUT2D eigenvalue weighted by atomic mass is 10.2. The number of likely N-dealkylation sites (tertiary alicyclic amines) is 1. The number of aromatic amines is 1. The van der Waals surface area contributed by atoms with Crippen molar-refractivity contribution in [2.24, 2.45) is 7.05 Å². The average molecular weight is 318 g/mol. The van der Waals surface area contributed by atoms with E-state index in [0.29, 0.717) is 19.4 Å². The summed E-state index contributed by atoms with van der Waals surface area (Å²) in [6.07, 6.45) is 2.26. The molecular weight excluding hydrogens is 304 g/mol. The number of hydrogen-bond acceptors (Lipinski definition) is 5. The van der Waals surface area contributed by atoms with E-state index in [1.54, 1.807) is 0 Å². The highest BCUT2D eigenvalue weighted by atomic mass is 16.4. The predicted octanol–water partition coefficient (Wildman–Crippen LogP) is -0.689. The van der Waals surface area contributed by atoms with Crippen LogP contribution in [-0.2, 0) is 11.8 Å². The number of nitrogens with one attached hydrogen (secondary N) is 1. The summed E-state index contributed by atoms with van der Waals surface area (Å²) in [5, 5.41) is 9.26. The van der Waals surface area contributed by atoms with Crippen molar-refractivity contribution in [3.8, 4) is 0 Å².